The SMILES string of the molecule is CNC1(Cc2cccc(OC)c2)CCCN(C)C1. The van der Waals surface area contributed by atoms with Crippen molar-refractivity contribution in [1.82, 2.24) is 10.2 Å². The van der Waals surface area contributed by atoms with E-state index in [1.807, 2.05) is 6.07 Å². The topological polar surface area (TPSA) is 24.5 Å². The summed E-state index contributed by atoms with van der Waals surface area (Å²) < 4.78 is 5.30. The van der Waals surface area contributed by atoms with Crippen LogP contribution >= 0.6 is 0 Å². The van der Waals surface area contributed by atoms with E-state index in [9.17, 15) is 0 Å². The van der Waals surface area contributed by atoms with Gasteiger partial charge in [-0.3, -0.25) is 0 Å². The molecule has 3 nitrogen and oxygen atoms in total. The lowest BCUT2D eigenvalue weighted by Gasteiger charge is -2.41. The smallest absolute Gasteiger partial charge is 0.119 e. The molecule has 1 aromatic rings. The lowest BCUT2D eigenvalue weighted by Crippen LogP contribution is -2.56. The van der Waals surface area contributed by atoms with Crippen molar-refractivity contribution in [2.75, 3.05) is 34.3 Å². The van der Waals surface area contributed by atoms with E-state index in [1.165, 1.54) is 24.9 Å². The molecule has 1 aliphatic heterocycles. The molecule has 0 saturated carbocycles. The number of piperidine rings is 1. The van der Waals surface area contributed by atoms with Crippen molar-refractivity contribution in [3.05, 3.63) is 29.8 Å². The van der Waals surface area contributed by atoms with E-state index in [2.05, 4.69) is 42.5 Å². The normalized spacial score (nSPS) is 25.1. The average Bonchev–Trinajstić information content (AvgIpc) is 2.39. The first kappa shape index (κ1) is 13.4. The quantitative estimate of drug-likeness (QED) is 0.881. The molecule has 1 saturated heterocycles. The lowest BCUT2D eigenvalue weighted by molar-refractivity contribution is 0.151. The van der Waals surface area contributed by atoms with Crippen LogP contribution in [0.5, 0.6) is 5.75 Å². The molecule has 0 amide bonds. The zero-order chi connectivity index (χ0) is 13.0. The monoisotopic (exact) mass is 248 g/mol. The Morgan fingerprint density at radius 3 is 2.94 bits per heavy atom. The van der Waals surface area contributed by atoms with Crippen molar-refractivity contribution >= 4 is 0 Å². The Kier molecular flexibility index (Phi) is 4.25. The number of hydrogen-bond donors (Lipinski definition) is 1. The summed E-state index contributed by atoms with van der Waals surface area (Å²) in [7, 11) is 6.01. The average molecular weight is 248 g/mol. The molecule has 1 unspecified atom stereocenters. The highest BCUT2D eigenvalue weighted by atomic mass is 16.5. The molecule has 2 rings (SSSR count). The van der Waals surface area contributed by atoms with Crippen molar-refractivity contribution in [2.24, 2.45) is 0 Å². The van der Waals surface area contributed by atoms with E-state index in [0.717, 1.165) is 18.7 Å². The number of rotatable bonds is 4. The maximum Gasteiger partial charge on any atom is 0.119 e. The zero-order valence-corrected chi connectivity index (χ0v) is 11.7. The fourth-order valence-electron chi connectivity index (χ4n) is 2.97. The molecule has 1 fully saturated rings. The second kappa shape index (κ2) is 5.72. The predicted molar refractivity (Wildman–Crippen MR) is 75.2 cm³/mol. The highest BCUT2D eigenvalue weighted by Crippen LogP contribution is 2.25. The van der Waals surface area contributed by atoms with Crippen LogP contribution in [0.1, 0.15) is 18.4 Å². The summed E-state index contributed by atoms with van der Waals surface area (Å²) in [6.07, 6.45) is 3.57. The molecule has 0 aliphatic carbocycles. The summed E-state index contributed by atoms with van der Waals surface area (Å²) >= 11 is 0. The number of benzene rings is 1. The minimum absolute atomic E-state index is 0.208. The predicted octanol–water partition coefficient (Wildman–Crippen LogP) is 1.92. The first-order chi connectivity index (χ1) is 8.67. The van der Waals surface area contributed by atoms with Gasteiger partial charge in [-0.05, 0) is 57.6 Å². The summed E-state index contributed by atoms with van der Waals surface area (Å²) in [4.78, 5) is 2.42. The second-order valence-electron chi connectivity index (χ2n) is 5.40. The molecule has 0 aromatic heterocycles. The van der Waals surface area contributed by atoms with Gasteiger partial charge >= 0.3 is 0 Å². The lowest BCUT2D eigenvalue weighted by atomic mass is 9.83. The second-order valence-corrected chi connectivity index (χ2v) is 5.40. The van der Waals surface area contributed by atoms with Crippen LogP contribution in [0.3, 0.4) is 0 Å². The highest BCUT2D eigenvalue weighted by molar-refractivity contribution is 5.30. The Labute approximate surface area is 110 Å². The fraction of sp³-hybridized carbons (Fsp3) is 0.600. The summed E-state index contributed by atoms with van der Waals surface area (Å²) in [5.74, 6) is 0.947. The standard InChI is InChI=1S/C15H24N2O/c1-16-15(8-5-9-17(2)12-15)11-13-6-4-7-14(10-13)18-3/h4,6-7,10,16H,5,8-9,11-12H2,1-3H3. The molecule has 100 valence electrons. The number of nitrogens with one attached hydrogen (secondary N) is 1. The molecule has 0 bridgehead atoms. The third kappa shape index (κ3) is 3.03. The molecule has 0 radical (unpaired) electrons. The maximum atomic E-state index is 5.30. The van der Waals surface area contributed by atoms with Gasteiger partial charge in [0.05, 0.1) is 7.11 Å². The van der Waals surface area contributed by atoms with Gasteiger partial charge in [-0.15, -0.1) is 0 Å². The Bertz CT molecular complexity index is 394. The molecule has 1 aliphatic rings. The molecule has 0 spiro atoms. The van der Waals surface area contributed by atoms with Gasteiger partial charge in [0.25, 0.3) is 0 Å². The van der Waals surface area contributed by atoms with Crippen LogP contribution in [0.2, 0.25) is 0 Å². The Balaban J connectivity index is 2.13. The van der Waals surface area contributed by atoms with E-state index in [0.29, 0.717) is 0 Å². The highest BCUT2D eigenvalue weighted by Gasteiger charge is 2.32. The van der Waals surface area contributed by atoms with E-state index in [-0.39, 0.29) is 5.54 Å². The van der Waals surface area contributed by atoms with Crippen LogP contribution in [-0.4, -0.2) is 44.7 Å². The van der Waals surface area contributed by atoms with Crippen molar-refractivity contribution < 1.29 is 4.74 Å². The van der Waals surface area contributed by atoms with Gasteiger partial charge in [-0.25, -0.2) is 0 Å². The van der Waals surface area contributed by atoms with E-state index in [4.69, 9.17) is 4.74 Å². The zero-order valence-electron chi connectivity index (χ0n) is 11.7. The summed E-state index contributed by atoms with van der Waals surface area (Å²) in [6.45, 7) is 2.32. The molecule has 3 heteroatoms. The van der Waals surface area contributed by atoms with Gasteiger partial charge in [0.2, 0.25) is 0 Å². The third-order valence-electron chi connectivity index (χ3n) is 3.97. The number of methoxy groups -OCH3 is 1. The molecular formula is C15H24N2O. The van der Waals surface area contributed by atoms with E-state index in [1.54, 1.807) is 7.11 Å². The summed E-state index contributed by atoms with van der Waals surface area (Å²) in [5, 5.41) is 3.55. The molecule has 1 aromatic carbocycles. The summed E-state index contributed by atoms with van der Waals surface area (Å²) in [5.41, 5.74) is 1.55. The minimum atomic E-state index is 0.208. The Morgan fingerprint density at radius 2 is 2.28 bits per heavy atom. The molecule has 18 heavy (non-hydrogen) atoms. The van der Waals surface area contributed by atoms with Crippen LogP contribution in [0, 0.1) is 0 Å². The van der Waals surface area contributed by atoms with Gasteiger partial charge in [-0.1, -0.05) is 12.1 Å². The van der Waals surface area contributed by atoms with Crippen molar-refractivity contribution in [2.45, 2.75) is 24.8 Å². The van der Waals surface area contributed by atoms with Crippen molar-refractivity contribution in [3.8, 4) is 5.75 Å². The van der Waals surface area contributed by atoms with E-state index < -0.39 is 0 Å². The number of likely N-dealkylation sites (tertiary alicyclic amines) is 1. The van der Waals surface area contributed by atoms with E-state index >= 15 is 0 Å². The fourth-order valence-corrected chi connectivity index (χ4v) is 2.97. The van der Waals surface area contributed by atoms with Gasteiger partial charge in [0, 0.05) is 12.1 Å². The number of ether oxygens (including phenoxy) is 1. The Hall–Kier alpha value is -1.06. The van der Waals surface area contributed by atoms with Crippen LogP contribution in [0.4, 0.5) is 0 Å². The number of hydrogen-bond acceptors (Lipinski definition) is 3. The van der Waals surface area contributed by atoms with Gasteiger partial charge < -0.3 is 15.0 Å². The molecule has 1 atom stereocenters. The molecule has 1 N–H and O–H groups in total. The number of nitrogens with zero attached hydrogens (tertiary/aromatic N) is 1. The van der Waals surface area contributed by atoms with Crippen molar-refractivity contribution in [1.29, 1.82) is 0 Å². The van der Waals surface area contributed by atoms with Crippen LogP contribution < -0.4 is 10.1 Å². The van der Waals surface area contributed by atoms with Crippen LogP contribution in [-0.2, 0) is 6.42 Å². The Morgan fingerprint density at radius 1 is 1.44 bits per heavy atom. The maximum absolute atomic E-state index is 5.30. The van der Waals surface area contributed by atoms with Gasteiger partial charge in [0.15, 0.2) is 0 Å². The van der Waals surface area contributed by atoms with Gasteiger partial charge in [-0.2, -0.15) is 0 Å². The molecular weight excluding hydrogens is 224 g/mol. The third-order valence-corrected chi connectivity index (χ3v) is 3.97. The van der Waals surface area contributed by atoms with Crippen molar-refractivity contribution in [3.63, 3.8) is 0 Å². The first-order valence-corrected chi connectivity index (χ1v) is 6.68. The summed E-state index contributed by atoms with van der Waals surface area (Å²) in [6, 6.07) is 8.41. The largest absolute Gasteiger partial charge is 0.497 e. The first-order valence-electron chi connectivity index (χ1n) is 6.68. The minimum Gasteiger partial charge on any atom is -0.497 e. The van der Waals surface area contributed by atoms with Crippen LogP contribution in [0.25, 0.3) is 0 Å². The molecule has 1 heterocycles. The van der Waals surface area contributed by atoms with Crippen LogP contribution in [0.15, 0.2) is 24.3 Å². The van der Waals surface area contributed by atoms with Gasteiger partial charge in [0.1, 0.15) is 5.75 Å². The number of likely N-dealkylation sites (N-methyl/N-ethyl adjacent to an activating group) is 2.